The van der Waals surface area contributed by atoms with Gasteiger partial charge in [-0.3, -0.25) is 18.2 Å². The first kappa shape index (κ1) is 92.2. The molecule has 0 aliphatic carbocycles. The number of nitrogens with zero attached hydrogens (tertiary/aromatic N) is 22. The van der Waals surface area contributed by atoms with E-state index >= 15 is 0 Å². The van der Waals surface area contributed by atoms with Gasteiger partial charge in [0.1, 0.15) is 38.6 Å². The summed E-state index contributed by atoms with van der Waals surface area (Å²) in [7, 11) is -16.9. The largest absolute Gasteiger partial charge is 0.496 e. The SMILES string of the molecule is COc1cc(N=Nc2ccc(N=Nc3ccccc3)cc2S(=O)(=O)O)c(C)cc1Cc1nc(Cc2ccc(N=Nc3ccc(N=Nc4ccc(S(=O)(=O)O)cc4)cc3)c(C)c2)nc(NCCNc2nc(Nc3ccc(N=Nc4ccc(N=Nc5ccccc5)cc4S(=O)(=O)O)c(C)c3)nc(Nc3cc(C)c(N=Nc4ccc(N=Nc5ccc(S(=O)(=O)O)cc5)cc4)cc3CO)n2)n1. The van der Waals surface area contributed by atoms with Gasteiger partial charge in [0.05, 0.1) is 103 Å². The van der Waals surface area contributed by atoms with Gasteiger partial charge in [0, 0.05) is 54.5 Å². The van der Waals surface area contributed by atoms with Crippen molar-refractivity contribution in [1.29, 1.82) is 0 Å². The van der Waals surface area contributed by atoms with E-state index in [1.165, 1.54) is 79.9 Å². The third-order valence-corrected chi connectivity index (χ3v) is 22.5. The van der Waals surface area contributed by atoms with Gasteiger partial charge >= 0.3 is 0 Å². The minimum atomic E-state index is -4.83. The van der Waals surface area contributed by atoms with Crippen molar-refractivity contribution in [3.05, 3.63) is 305 Å². The van der Waals surface area contributed by atoms with Gasteiger partial charge < -0.3 is 31.1 Å². The van der Waals surface area contributed by atoms with Gasteiger partial charge in [-0.2, -0.15) is 130 Å². The molecule has 0 radical (unpaired) electrons. The first-order valence-electron chi connectivity index (χ1n) is 39.5. The first-order valence-corrected chi connectivity index (χ1v) is 45.3. The molecule has 40 nitrogen and oxygen atoms in total. The molecular weight excluding hydrogens is 1770 g/mol. The molecule has 44 heteroatoms. The number of aromatic nitrogens is 6. The van der Waals surface area contributed by atoms with Crippen LogP contribution in [0.3, 0.4) is 0 Å². The Morgan fingerprint density at radius 1 is 0.303 bits per heavy atom. The third kappa shape index (κ3) is 25.5. The summed E-state index contributed by atoms with van der Waals surface area (Å²) in [5, 5.41) is 92.3. The van der Waals surface area contributed by atoms with Crippen LogP contribution >= 0.6 is 0 Å². The lowest BCUT2D eigenvalue weighted by atomic mass is 10.0. The molecule has 0 bridgehead atoms. The number of aliphatic hydroxyl groups is 1. The fourth-order valence-electron chi connectivity index (χ4n) is 12.4. The molecule has 12 aromatic carbocycles. The molecule has 14 aromatic rings. The Morgan fingerprint density at radius 2 is 0.659 bits per heavy atom. The Bertz CT molecular complexity index is 7400. The minimum Gasteiger partial charge on any atom is -0.496 e. The fourth-order valence-corrected chi connectivity index (χ4v) is 14.7. The van der Waals surface area contributed by atoms with Crippen molar-refractivity contribution in [2.75, 3.05) is 41.5 Å². The molecule has 9 N–H and O–H groups in total. The second-order valence-electron chi connectivity index (χ2n) is 28.8. The molecular formula is C88H76N26O14S4. The molecule has 0 saturated heterocycles. The summed E-state index contributed by atoms with van der Waals surface area (Å²) in [6.45, 7) is 7.01. The van der Waals surface area contributed by atoms with Gasteiger partial charge in [-0.05, 0) is 256 Å². The molecule has 0 saturated carbocycles. The molecule has 0 aliphatic heterocycles. The maximum absolute atomic E-state index is 12.7. The van der Waals surface area contributed by atoms with E-state index in [9.17, 15) is 57.0 Å². The predicted octanol–water partition coefficient (Wildman–Crippen LogP) is 23.3. The number of aryl methyl sites for hydroxylation is 4. The molecule has 666 valence electrons. The van der Waals surface area contributed by atoms with Crippen molar-refractivity contribution in [3.63, 3.8) is 0 Å². The number of ether oxygens (including phenoxy) is 1. The van der Waals surface area contributed by atoms with Crippen LogP contribution in [0.25, 0.3) is 0 Å². The van der Waals surface area contributed by atoms with E-state index in [2.05, 4.69) is 103 Å². The molecule has 0 unspecified atom stereocenters. The van der Waals surface area contributed by atoms with Crippen LogP contribution in [0.1, 0.15) is 50.6 Å². The lowest BCUT2D eigenvalue weighted by Crippen LogP contribution is -2.19. The molecule has 14 rings (SSSR count). The Kier molecular flexibility index (Phi) is 29.0. The van der Waals surface area contributed by atoms with Crippen molar-refractivity contribution >= 4 is 167 Å². The predicted molar refractivity (Wildman–Crippen MR) is 490 cm³/mol. The molecule has 2 aromatic heterocycles. The average molecular weight is 1850 g/mol. The summed E-state index contributed by atoms with van der Waals surface area (Å²) in [6.07, 6.45) is 0.298. The van der Waals surface area contributed by atoms with Crippen molar-refractivity contribution in [2.45, 2.75) is 66.7 Å². The second-order valence-corrected chi connectivity index (χ2v) is 34.4. The van der Waals surface area contributed by atoms with Crippen LogP contribution in [0.15, 0.2) is 356 Å². The summed E-state index contributed by atoms with van der Waals surface area (Å²) >= 11 is 0. The van der Waals surface area contributed by atoms with Gasteiger partial charge in [-0.15, -0.1) is 10.2 Å². The summed E-state index contributed by atoms with van der Waals surface area (Å²) in [5.41, 5.74) is 10.5. The monoisotopic (exact) mass is 1850 g/mol. The van der Waals surface area contributed by atoms with E-state index in [1.54, 1.807) is 160 Å². The zero-order valence-corrected chi connectivity index (χ0v) is 73.4. The zero-order chi connectivity index (χ0) is 93.1. The number of benzene rings is 12. The van der Waals surface area contributed by atoms with Crippen LogP contribution < -0.4 is 26.0 Å². The quantitative estimate of drug-likeness (QED) is 0.0101. The van der Waals surface area contributed by atoms with Gasteiger partial charge in [-0.25, -0.2) is 4.98 Å². The van der Waals surface area contributed by atoms with Gasteiger partial charge in [0.2, 0.25) is 23.8 Å². The third-order valence-electron chi connectivity index (χ3n) is 19.0. The highest BCUT2D eigenvalue weighted by molar-refractivity contribution is 7.86. The van der Waals surface area contributed by atoms with Crippen LogP contribution in [0.5, 0.6) is 5.75 Å². The van der Waals surface area contributed by atoms with Crippen molar-refractivity contribution < 1.29 is 61.7 Å². The molecule has 0 amide bonds. The molecule has 132 heavy (non-hydrogen) atoms. The number of aliphatic hydroxyl groups excluding tert-OH is 1. The Balaban J connectivity index is 0.726. The van der Waals surface area contributed by atoms with E-state index < -0.39 is 56.9 Å². The highest BCUT2D eigenvalue weighted by Gasteiger charge is 2.22. The minimum absolute atomic E-state index is 0.0174. The lowest BCUT2D eigenvalue weighted by molar-refractivity contribution is 0.282. The number of nitrogens with one attached hydrogen (secondary N) is 4. The lowest BCUT2D eigenvalue weighted by Gasteiger charge is -2.15. The molecule has 2 heterocycles. The van der Waals surface area contributed by atoms with E-state index in [1.807, 2.05) is 37.3 Å². The number of rotatable bonds is 35. The number of hydrogen-bond donors (Lipinski definition) is 9. The van der Waals surface area contributed by atoms with Crippen LogP contribution in [-0.2, 0) is 59.9 Å². The van der Waals surface area contributed by atoms with Gasteiger partial charge in [0.25, 0.3) is 40.5 Å². The van der Waals surface area contributed by atoms with Gasteiger partial charge in [-0.1, -0.05) is 48.5 Å². The summed E-state index contributed by atoms with van der Waals surface area (Å²) in [5.74, 6) is 1.34. The summed E-state index contributed by atoms with van der Waals surface area (Å²) in [6, 6.07) is 66.8. The zero-order valence-electron chi connectivity index (χ0n) is 70.2. The number of azo groups is 8. The van der Waals surface area contributed by atoms with Crippen molar-refractivity contribution in [1.82, 2.24) is 29.9 Å². The Morgan fingerprint density at radius 3 is 1.11 bits per heavy atom. The van der Waals surface area contributed by atoms with Crippen LogP contribution in [0.2, 0.25) is 0 Å². The fraction of sp³-hybridized carbons (Fsp3) is 0.114. The topological polar surface area (TPSA) is 570 Å². The molecule has 0 aliphatic rings. The second kappa shape index (κ2) is 41.4. The number of hydrogen-bond acceptors (Lipinski definition) is 36. The summed E-state index contributed by atoms with van der Waals surface area (Å²) < 4.78 is 142. The van der Waals surface area contributed by atoms with E-state index in [0.29, 0.717) is 125 Å². The standard InChI is InChI=1S/C88H76N26O14S4/c1-53-42-57(16-36-73(53)109-105-64-21-17-62(18-22-64)101-103-66-25-32-71(33-26-66)129(116,117)118)46-83-93-84(48-58-43-54(2)78(51-80(58)128-5)114-112-76-39-31-70(50-82(76)132(125,126)127)108-100-61-14-10-7-11-15-61)95-85(94-83)89-40-41-90-86-96-87(91-68-29-37-74(55(3)44-68)110-111-75-38-30-69(49-81(75)131(122,123)124)107-99-60-12-8-6-9-13-60)98-88(97-86)92-79-45-56(4)77(47-59(79)52-115)113-106-65-23-19-63(20-24-65)102-104-67-27-34-72(35-28-67)130(119,120)121/h6-39,42-45,47,49-51,115H,40-41,46,48,52H2,1-5H3,(H,116,117,118)(H,119,120,121)(H,122,123,124)(H,125,126,127)(H,89,93,94,95)(H3,90,91,92,96,97,98). The van der Waals surface area contributed by atoms with E-state index in [4.69, 9.17) is 34.6 Å². The van der Waals surface area contributed by atoms with Crippen LogP contribution in [0.4, 0.5) is 126 Å². The van der Waals surface area contributed by atoms with Gasteiger partial charge in [0.15, 0.2) is 0 Å². The summed E-state index contributed by atoms with van der Waals surface area (Å²) in [4.78, 5) is 27.4. The maximum Gasteiger partial charge on any atom is 0.296 e. The van der Waals surface area contributed by atoms with Crippen molar-refractivity contribution in [2.24, 2.45) is 81.8 Å². The number of anilines is 6. The maximum atomic E-state index is 12.7. The molecule has 0 spiro atoms. The smallest absolute Gasteiger partial charge is 0.296 e. The van der Waals surface area contributed by atoms with Crippen LogP contribution in [0, 0.1) is 27.7 Å². The van der Waals surface area contributed by atoms with Crippen LogP contribution in [-0.4, -0.2) is 107 Å². The van der Waals surface area contributed by atoms with Crippen molar-refractivity contribution in [3.8, 4) is 5.75 Å². The highest BCUT2D eigenvalue weighted by Crippen LogP contribution is 2.39. The molecule has 0 atom stereocenters. The Labute approximate surface area is 754 Å². The highest BCUT2D eigenvalue weighted by atomic mass is 32.2. The average Bonchev–Trinajstić information content (AvgIpc) is 0.631. The van der Waals surface area contributed by atoms with E-state index in [-0.39, 0.29) is 82.3 Å². The normalized spacial score (nSPS) is 12.3. The first-order chi connectivity index (χ1) is 63.3. The number of methoxy groups -OCH3 is 1. The Hall–Kier alpha value is -15.9. The molecule has 0 fully saturated rings. The van der Waals surface area contributed by atoms with E-state index in [0.717, 1.165) is 23.3 Å².